The first-order valence-electron chi connectivity index (χ1n) is 6.86. The van der Waals surface area contributed by atoms with Gasteiger partial charge >= 0.3 is 5.69 Å². The van der Waals surface area contributed by atoms with E-state index >= 15 is 0 Å². The quantitative estimate of drug-likeness (QED) is 0.581. The highest BCUT2D eigenvalue weighted by Crippen LogP contribution is 2.33. The van der Waals surface area contributed by atoms with Crippen LogP contribution in [0.2, 0.25) is 0 Å². The van der Waals surface area contributed by atoms with E-state index in [1.807, 2.05) is 18.2 Å². The molecule has 118 valence electrons. The number of aromatic nitrogens is 2. The Morgan fingerprint density at radius 2 is 1.82 bits per heavy atom. The van der Waals surface area contributed by atoms with Crippen LogP contribution in [-0.4, -0.2) is 51.2 Å². The van der Waals surface area contributed by atoms with Crippen LogP contribution in [0, 0.1) is 17.0 Å². The first kappa shape index (κ1) is 15.9. The fraction of sp³-hybridized carbons (Fsp3) is 0.357. The summed E-state index contributed by atoms with van der Waals surface area (Å²) < 4.78 is 1.47. The van der Waals surface area contributed by atoms with E-state index in [0.717, 1.165) is 0 Å². The second kappa shape index (κ2) is 7.01. The number of benzene rings is 1. The lowest BCUT2D eigenvalue weighted by Crippen LogP contribution is -2.32. The Morgan fingerprint density at radius 1 is 1.23 bits per heavy atom. The van der Waals surface area contributed by atoms with Gasteiger partial charge in [-0.2, -0.15) is 5.10 Å². The van der Waals surface area contributed by atoms with Crippen LogP contribution in [0.4, 0.5) is 11.5 Å². The summed E-state index contributed by atoms with van der Waals surface area (Å²) in [5, 5.41) is 34.1. The van der Waals surface area contributed by atoms with Crippen molar-refractivity contribution in [2.75, 3.05) is 31.2 Å². The van der Waals surface area contributed by atoms with Crippen LogP contribution in [-0.2, 0) is 0 Å². The number of aryl methyl sites for hydroxylation is 1. The van der Waals surface area contributed by atoms with Crippen molar-refractivity contribution in [2.45, 2.75) is 6.92 Å². The molecule has 1 heterocycles. The summed E-state index contributed by atoms with van der Waals surface area (Å²) in [6.45, 7) is 1.53. The van der Waals surface area contributed by atoms with E-state index in [-0.39, 0.29) is 43.5 Å². The molecule has 0 aliphatic carbocycles. The van der Waals surface area contributed by atoms with E-state index in [0.29, 0.717) is 5.69 Å². The van der Waals surface area contributed by atoms with Crippen molar-refractivity contribution in [3.05, 3.63) is 46.1 Å². The van der Waals surface area contributed by atoms with Crippen molar-refractivity contribution >= 4 is 11.5 Å². The zero-order valence-electron chi connectivity index (χ0n) is 12.2. The minimum Gasteiger partial charge on any atom is -0.395 e. The lowest BCUT2D eigenvalue weighted by molar-refractivity contribution is -0.384. The standard InChI is InChI=1S/C14H18N4O4/c1-11-13(18(21)22)14(16(7-9-19)8-10-20)17(15-11)12-5-3-2-4-6-12/h2-6,19-20H,7-10H2,1H3. The average Bonchev–Trinajstić information content (AvgIpc) is 2.85. The lowest BCUT2D eigenvalue weighted by Gasteiger charge is -2.22. The van der Waals surface area contributed by atoms with Crippen LogP contribution in [0.3, 0.4) is 0 Å². The van der Waals surface area contributed by atoms with Gasteiger partial charge in [0.15, 0.2) is 0 Å². The maximum absolute atomic E-state index is 11.4. The van der Waals surface area contributed by atoms with Gasteiger partial charge in [-0.25, -0.2) is 4.68 Å². The summed E-state index contributed by atoms with van der Waals surface area (Å²) in [6.07, 6.45) is 0. The molecule has 0 aliphatic heterocycles. The molecule has 0 aliphatic rings. The number of rotatable bonds is 7. The molecular weight excluding hydrogens is 288 g/mol. The van der Waals surface area contributed by atoms with E-state index in [1.165, 1.54) is 4.68 Å². The van der Waals surface area contributed by atoms with Gasteiger partial charge in [0.1, 0.15) is 5.69 Å². The molecule has 8 nitrogen and oxygen atoms in total. The number of aliphatic hydroxyl groups is 2. The second-order valence-electron chi connectivity index (χ2n) is 4.70. The molecule has 2 rings (SSSR count). The van der Waals surface area contributed by atoms with Gasteiger partial charge in [0.25, 0.3) is 0 Å². The number of hydrogen-bond donors (Lipinski definition) is 2. The molecule has 8 heteroatoms. The molecule has 1 aromatic heterocycles. The lowest BCUT2D eigenvalue weighted by atomic mass is 10.3. The van der Waals surface area contributed by atoms with Gasteiger partial charge in [0.2, 0.25) is 5.82 Å². The summed E-state index contributed by atoms with van der Waals surface area (Å²) in [5.41, 5.74) is 0.838. The maximum Gasteiger partial charge on any atom is 0.334 e. The molecule has 0 fully saturated rings. The maximum atomic E-state index is 11.4. The molecule has 0 atom stereocenters. The van der Waals surface area contributed by atoms with E-state index in [1.54, 1.807) is 24.0 Å². The van der Waals surface area contributed by atoms with Gasteiger partial charge < -0.3 is 15.1 Å². The monoisotopic (exact) mass is 306 g/mol. The normalized spacial score (nSPS) is 10.7. The van der Waals surface area contributed by atoms with Crippen LogP contribution in [0.15, 0.2) is 30.3 Å². The summed E-state index contributed by atoms with van der Waals surface area (Å²) in [6, 6.07) is 9.04. The molecule has 0 saturated carbocycles. The molecule has 2 N–H and O–H groups in total. The SMILES string of the molecule is Cc1nn(-c2ccccc2)c(N(CCO)CCO)c1[N+](=O)[O-]. The number of para-hydroxylation sites is 1. The molecule has 0 unspecified atom stereocenters. The fourth-order valence-electron chi connectivity index (χ4n) is 2.32. The van der Waals surface area contributed by atoms with E-state index in [4.69, 9.17) is 0 Å². The highest BCUT2D eigenvalue weighted by atomic mass is 16.6. The molecular formula is C14H18N4O4. The van der Waals surface area contributed by atoms with Gasteiger partial charge in [-0.05, 0) is 19.1 Å². The molecule has 1 aromatic carbocycles. The van der Waals surface area contributed by atoms with E-state index < -0.39 is 4.92 Å². The Balaban J connectivity index is 2.63. The summed E-state index contributed by atoms with van der Waals surface area (Å²) in [4.78, 5) is 12.5. The molecule has 22 heavy (non-hydrogen) atoms. The molecule has 0 saturated heterocycles. The third-order valence-corrected chi connectivity index (χ3v) is 3.23. The first-order valence-corrected chi connectivity index (χ1v) is 6.86. The van der Waals surface area contributed by atoms with Gasteiger partial charge in [-0.3, -0.25) is 10.1 Å². The molecule has 0 radical (unpaired) electrons. The first-order chi connectivity index (χ1) is 10.6. The Hall–Kier alpha value is -2.45. The number of hydrogen-bond acceptors (Lipinski definition) is 6. The number of nitrogens with zero attached hydrogens (tertiary/aromatic N) is 4. The topological polar surface area (TPSA) is 105 Å². The van der Waals surface area contributed by atoms with Crippen molar-refractivity contribution in [3.63, 3.8) is 0 Å². The Labute approximate surface area is 127 Å². The van der Waals surface area contributed by atoms with Crippen LogP contribution >= 0.6 is 0 Å². The summed E-state index contributed by atoms with van der Waals surface area (Å²) >= 11 is 0. The van der Waals surface area contributed by atoms with Gasteiger partial charge in [0, 0.05) is 13.1 Å². The smallest absolute Gasteiger partial charge is 0.334 e. The predicted molar refractivity (Wildman–Crippen MR) is 81.3 cm³/mol. The van der Waals surface area contributed by atoms with Gasteiger partial charge in [-0.15, -0.1) is 0 Å². The van der Waals surface area contributed by atoms with Crippen molar-refractivity contribution < 1.29 is 15.1 Å². The highest BCUT2D eigenvalue weighted by molar-refractivity contribution is 5.64. The van der Waals surface area contributed by atoms with Crippen molar-refractivity contribution in [1.82, 2.24) is 9.78 Å². The number of anilines is 1. The van der Waals surface area contributed by atoms with E-state index in [2.05, 4.69) is 5.10 Å². The Kier molecular flexibility index (Phi) is 5.08. The number of aliphatic hydroxyl groups excluding tert-OH is 2. The van der Waals surface area contributed by atoms with Gasteiger partial charge in [0.05, 0.1) is 23.8 Å². The Morgan fingerprint density at radius 3 is 2.32 bits per heavy atom. The Bertz CT molecular complexity index is 636. The van der Waals surface area contributed by atoms with Crippen molar-refractivity contribution in [2.24, 2.45) is 0 Å². The minimum absolute atomic E-state index is 0.120. The van der Waals surface area contributed by atoms with Crippen LogP contribution in [0.25, 0.3) is 5.69 Å². The summed E-state index contributed by atoms with van der Waals surface area (Å²) in [5.74, 6) is 0.261. The minimum atomic E-state index is -0.487. The zero-order chi connectivity index (χ0) is 16.1. The fourth-order valence-corrected chi connectivity index (χ4v) is 2.32. The second-order valence-corrected chi connectivity index (χ2v) is 4.70. The average molecular weight is 306 g/mol. The third kappa shape index (κ3) is 3.07. The zero-order valence-corrected chi connectivity index (χ0v) is 12.2. The number of nitro groups is 1. The van der Waals surface area contributed by atoms with Gasteiger partial charge in [-0.1, -0.05) is 18.2 Å². The van der Waals surface area contributed by atoms with Crippen LogP contribution in [0.5, 0.6) is 0 Å². The van der Waals surface area contributed by atoms with Crippen LogP contribution < -0.4 is 4.90 Å². The molecule has 0 amide bonds. The van der Waals surface area contributed by atoms with E-state index in [9.17, 15) is 20.3 Å². The highest BCUT2D eigenvalue weighted by Gasteiger charge is 2.29. The largest absolute Gasteiger partial charge is 0.395 e. The molecule has 2 aromatic rings. The summed E-state index contributed by atoms with van der Waals surface area (Å²) in [7, 11) is 0. The van der Waals surface area contributed by atoms with Crippen LogP contribution in [0.1, 0.15) is 5.69 Å². The van der Waals surface area contributed by atoms with Crippen molar-refractivity contribution in [1.29, 1.82) is 0 Å². The van der Waals surface area contributed by atoms with Crippen molar-refractivity contribution in [3.8, 4) is 5.69 Å². The predicted octanol–water partition coefficient (Wildman–Crippen LogP) is 0.880. The third-order valence-electron chi connectivity index (χ3n) is 3.23. The molecule has 0 spiro atoms. The molecule has 0 bridgehead atoms.